The molecule has 0 bridgehead atoms. The Kier molecular flexibility index (Phi) is 4.59. The first-order valence-electron chi connectivity index (χ1n) is 6.38. The van der Waals surface area contributed by atoms with Gasteiger partial charge in [-0.1, -0.05) is 12.1 Å². The Hall–Kier alpha value is -1.21. The second-order valence-electron chi connectivity index (χ2n) is 4.89. The van der Waals surface area contributed by atoms with Crippen LogP contribution in [0.2, 0.25) is 0 Å². The number of benzene rings is 1. The maximum Gasteiger partial charge on any atom is 0.387 e. The Bertz CT molecular complexity index is 562. The smallest absolute Gasteiger partial charge is 0.387 e. The first-order valence-corrected chi connectivity index (χ1v) is 8.10. The van der Waals surface area contributed by atoms with Crippen LogP contribution in [0.25, 0.3) is 0 Å². The van der Waals surface area contributed by atoms with E-state index in [0.29, 0.717) is 18.5 Å². The van der Waals surface area contributed by atoms with Crippen LogP contribution in [0.1, 0.15) is 24.9 Å². The van der Waals surface area contributed by atoms with Gasteiger partial charge in [0, 0.05) is 6.04 Å². The van der Waals surface area contributed by atoms with Gasteiger partial charge < -0.3 is 10.1 Å². The first kappa shape index (κ1) is 15.2. The molecule has 2 rings (SSSR count). The highest BCUT2D eigenvalue weighted by Crippen LogP contribution is 2.25. The molecule has 0 amide bonds. The largest absolute Gasteiger partial charge is 0.435 e. The fourth-order valence-electron chi connectivity index (χ4n) is 2.22. The average Bonchev–Trinajstić information content (AvgIpc) is 2.49. The molecule has 0 spiro atoms. The molecule has 2 unspecified atom stereocenters. The topological polar surface area (TPSA) is 55.4 Å². The summed E-state index contributed by atoms with van der Waals surface area (Å²) in [4.78, 5) is 0. The van der Waals surface area contributed by atoms with E-state index in [1.54, 1.807) is 19.1 Å². The minimum absolute atomic E-state index is 0.0354. The van der Waals surface area contributed by atoms with E-state index in [1.807, 2.05) is 0 Å². The molecule has 1 aliphatic rings. The molecule has 7 heteroatoms. The summed E-state index contributed by atoms with van der Waals surface area (Å²) in [6.45, 7) is -0.628. The van der Waals surface area contributed by atoms with Crippen molar-refractivity contribution in [3.05, 3.63) is 29.8 Å². The summed E-state index contributed by atoms with van der Waals surface area (Å²) in [5.74, 6) is 0.000687. The van der Waals surface area contributed by atoms with Crippen molar-refractivity contribution >= 4 is 9.84 Å². The molecule has 20 heavy (non-hydrogen) atoms. The number of hydrogen-bond donors (Lipinski definition) is 1. The van der Waals surface area contributed by atoms with Gasteiger partial charge in [0.2, 0.25) is 0 Å². The summed E-state index contributed by atoms with van der Waals surface area (Å²) in [6, 6.07) is 5.77. The second-order valence-corrected chi connectivity index (χ2v) is 7.35. The summed E-state index contributed by atoms with van der Waals surface area (Å²) in [7, 11) is -3.18. The Morgan fingerprint density at radius 2 is 2.15 bits per heavy atom. The van der Waals surface area contributed by atoms with Gasteiger partial charge in [0.25, 0.3) is 0 Å². The number of sulfone groups is 1. The Morgan fingerprint density at radius 1 is 1.40 bits per heavy atom. The quantitative estimate of drug-likeness (QED) is 0.929. The van der Waals surface area contributed by atoms with Gasteiger partial charge in [-0.2, -0.15) is 8.78 Å². The fraction of sp³-hybridized carbons (Fsp3) is 0.538. The lowest BCUT2D eigenvalue weighted by molar-refractivity contribution is -0.0499. The standard InChI is InChI=1S/C13H17F2NO3S/c1-9-5-6-16-12(8-20(9,17)18)10-3-2-4-11(7-10)19-13(14)15/h2-4,7,9,12-13,16H,5-6,8H2,1H3. The lowest BCUT2D eigenvalue weighted by atomic mass is 10.1. The zero-order valence-corrected chi connectivity index (χ0v) is 11.9. The fourth-order valence-corrected chi connectivity index (χ4v) is 3.80. The van der Waals surface area contributed by atoms with Crippen LogP contribution < -0.4 is 10.1 Å². The van der Waals surface area contributed by atoms with Crippen molar-refractivity contribution in [3.63, 3.8) is 0 Å². The summed E-state index contributed by atoms with van der Waals surface area (Å²) < 4.78 is 52.9. The minimum atomic E-state index is -3.18. The summed E-state index contributed by atoms with van der Waals surface area (Å²) >= 11 is 0. The van der Waals surface area contributed by atoms with Gasteiger partial charge in [-0.05, 0) is 37.6 Å². The molecule has 0 aromatic heterocycles. The van der Waals surface area contributed by atoms with Gasteiger partial charge in [-0.15, -0.1) is 0 Å². The number of nitrogens with one attached hydrogen (secondary N) is 1. The highest BCUT2D eigenvalue weighted by molar-refractivity contribution is 7.92. The average molecular weight is 305 g/mol. The number of rotatable bonds is 3. The van der Waals surface area contributed by atoms with Crippen LogP contribution in [-0.2, 0) is 9.84 Å². The normalized spacial score (nSPS) is 26.2. The Balaban J connectivity index is 2.22. The Morgan fingerprint density at radius 3 is 2.85 bits per heavy atom. The van der Waals surface area contributed by atoms with E-state index in [2.05, 4.69) is 10.1 Å². The molecule has 4 nitrogen and oxygen atoms in total. The molecule has 1 aromatic rings. The van der Waals surface area contributed by atoms with Gasteiger partial charge in [-0.25, -0.2) is 8.42 Å². The van der Waals surface area contributed by atoms with Gasteiger partial charge in [0.05, 0.1) is 11.0 Å². The molecule has 1 heterocycles. The monoisotopic (exact) mass is 305 g/mol. The van der Waals surface area contributed by atoms with Crippen molar-refractivity contribution in [1.82, 2.24) is 5.32 Å². The van der Waals surface area contributed by atoms with Crippen molar-refractivity contribution in [1.29, 1.82) is 0 Å². The zero-order chi connectivity index (χ0) is 14.8. The third kappa shape index (κ3) is 3.67. The van der Waals surface area contributed by atoms with Crippen LogP contribution in [0.5, 0.6) is 5.75 Å². The van der Waals surface area contributed by atoms with Crippen LogP contribution in [0.15, 0.2) is 24.3 Å². The maximum atomic E-state index is 12.2. The minimum Gasteiger partial charge on any atom is -0.435 e. The molecule has 1 N–H and O–H groups in total. The summed E-state index contributed by atoms with van der Waals surface area (Å²) in [5.41, 5.74) is 0.640. The van der Waals surface area contributed by atoms with E-state index in [4.69, 9.17) is 0 Å². The molecular weight excluding hydrogens is 288 g/mol. The van der Waals surface area contributed by atoms with E-state index in [9.17, 15) is 17.2 Å². The molecular formula is C13H17F2NO3S. The number of alkyl halides is 2. The van der Waals surface area contributed by atoms with Crippen LogP contribution in [0.4, 0.5) is 8.78 Å². The van der Waals surface area contributed by atoms with Gasteiger partial charge in [0.1, 0.15) is 5.75 Å². The first-order chi connectivity index (χ1) is 9.38. The molecule has 0 aliphatic carbocycles. The molecule has 1 aliphatic heterocycles. The number of hydrogen-bond acceptors (Lipinski definition) is 4. The lowest BCUT2D eigenvalue weighted by Gasteiger charge is -2.17. The van der Waals surface area contributed by atoms with E-state index < -0.39 is 22.5 Å². The van der Waals surface area contributed by atoms with Gasteiger partial charge in [-0.3, -0.25) is 0 Å². The molecule has 0 saturated carbocycles. The molecule has 0 radical (unpaired) electrons. The predicted molar refractivity (Wildman–Crippen MR) is 71.7 cm³/mol. The number of ether oxygens (including phenoxy) is 1. The molecule has 2 atom stereocenters. The maximum absolute atomic E-state index is 12.2. The van der Waals surface area contributed by atoms with Crippen LogP contribution >= 0.6 is 0 Å². The third-order valence-corrected chi connectivity index (χ3v) is 5.70. The Labute approximate surface area is 117 Å². The van der Waals surface area contributed by atoms with E-state index in [1.165, 1.54) is 12.1 Å². The van der Waals surface area contributed by atoms with Crippen molar-refractivity contribution in [2.75, 3.05) is 12.3 Å². The van der Waals surface area contributed by atoms with Gasteiger partial charge in [0.15, 0.2) is 9.84 Å². The van der Waals surface area contributed by atoms with Crippen molar-refractivity contribution in [3.8, 4) is 5.75 Å². The van der Waals surface area contributed by atoms with Crippen molar-refractivity contribution in [2.24, 2.45) is 0 Å². The predicted octanol–water partition coefficient (Wildman–Crippen LogP) is 2.13. The van der Waals surface area contributed by atoms with Crippen LogP contribution in [0, 0.1) is 0 Å². The SMILES string of the molecule is CC1CCNC(c2cccc(OC(F)F)c2)CS1(=O)=O. The van der Waals surface area contributed by atoms with Crippen molar-refractivity contribution in [2.45, 2.75) is 31.2 Å². The molecule has 1 saturated heterocycles. The van der Waals surface area contributed by atoms with Crippen LogP contribution in [0.3, 0.4) is 0 Å². The van der Waals surface area contributed by atoms with E-state index in [-0.39, 0.29) is 16.8 Å². The summed E-state index contributed by atoms with van der Waals surface area (Å²) in [6.07, 6.45) is 0.548. The summed E-state index contributed by atoms with van der Waals surface area (Å²) in [5, 5.41) is 2.75. The van der Waals surface area contributed by atoms with Crippen molar-refractivity contribution < 1.29 is 21.9 Å². The third-order valence-electron chi connectivity index (χ3n) is 3.44. The highest BCUT2D eigenvalue weighted by Gasteiger charge is 2.29. The van der Waals surface area contributed by atoms with E-state index >= 15 is 0 Å². The molecule has 112 valence electrons. The lowest BCUT2D eigenvalue weighted by Crippen LogP contribution is -2.26. The van der Waals surface area contributed by atoms with E-state index in [0.717, 1.165) is 0 Å². The number of halogens is 2. The molecule has 1 aromatic carbocycles. The van der Waals surface area contributed by atoms with Gasteiger partial charge >= 0.3 is 6.61 Å². The second kappa shape index (κ2) is 6.05. The highest BCUT2D eigenvalue weighted by atomic mass is 32.2. The van der Waals surface area contributed by atoms with Crippen LogP contribution in [-0.4, -0.2) is 32.6 Å². The zero-order valence-electron chi connectivity index (χ0n) is 11.1. The molecule has 1 fully saturated rings.